The third-order valence-electron chi connectivity index (χ3n) is 1.79. The highest BCUT2D eigenvalue weighted by Crippen LogP contribution is 2.33. The molecule has 0 aliphatic heterocycles. The molecule has 0 fully saturated rings. The molecule has 0 radical (unpaired) electrons. The Bertz CT molecular complexity index is 417. The zero-order chi connectivity index (χ0) is 12.5. The van der Waals surface area contributed by atoms with E-state index in [0.29, 0.717) is 12.3 Å². The molecule has 5 nitrogen and oxygen atoms in total. The predicted molar refractivity (Wildman–Crippen MR) is 50.2 cm³/mol. The Morgan fingerprint density at radius 1 is 1.44 bits per heavy atom. The highest BCUT2D eigenvalue weighted by molar-refractivity contribution is 5.57. The summed E-state index contributed by atoms with van der Waals surface area (Å²) in [5.74, 6) is -0.113. The van der Waals surface area contributed by atoms with Crippen molar-refractivity contribution in [3.05, 3.63) is 27.9 Å². The molecule has 1 rings (SSSR count). The smallest absolute Gasteiger partial charge is 0.357 e. The number of rotatable bonds is 2. The van der Waals surface area contributed by atoms with E-state index in [1.807, 2.05) is 0 Å². The van der Waals surface area contributed by atoms with Crippen molar-refractivity contribution in [1.82, 2.24) is 4.98 Å². The monoisotopic (exact) mass is 235 g/mol. The molecule has 0 atom stereocenters. The molecule has 16 heavy (non-hydrogen) atoms. The minimum atomic E-state index is -4.64. The average Bonchev–Trinajstić information content (AvgIpc) is 2.15. The van der Waals surface area contributed by atoms with Crippen molar-refractivity contribution in [1.29, 1.82) is 0 Å². The fourth-order valence-corrected chi connectivity index (χ4v) is 1.08. The van der Waals surface area contributed by atoms with Crippen LogP contribution >= 0.6 is 0 Å². The molecule has 0 saturated carbocycles. The van der Waals surface area contributed by atoms with Gasteiger partial charge in [0, 0.05) is 26.4 Å². The van der Waals surface area contributed by atoms with Crippen molar-refractivity contribution in [3.8, 4) is 0 Å². The molecule has 0 unspecified atom stereocenters. The van der Waals surface area contributed by atoms with Gasteiger partial charge in [-0.25, -0.2) is 4.98 Å². The number of nitrogens with zero attached hydrogens (tertiary/aromatic N) is 3. The third kappa shape index (κ3) is 2.38. The number of hydrogen-bond acceptors (Lipinski definition) is 4. The molecule has 0 bridgehead atoms. The van der Waals surface area contributed by atoms with Gasteiger partial charge in [-0.05, 0) is 0 Å². The lowest BCUT2D eigenvalue weighted by atomic mass is 10.2. The number of anilines is 1. The van der Waals surface area contributed by atoms with Crippen molar-refractivity contribution in [2.45, 2.75) is 6.18 Å². The largest absolute Gasteiger partial charge is 0.418 e. The van der Waals surface area contributed by atoms with E-state index in [4.69, 9.17) is 0 Å². The second-order valence-electron chi connectivity index (χ2n) is 3.22. The van der Waals surface area contributed by atoms with Crippen LogP contribution in [-0.4, -0.2) is 24.0 Å². The van der Waals surface area contributed by atoms with E-state index in [1.165, 1.54) is 19.0 Å². The van der Waals surface area contributed by atoms with Crippen molar-refractivity contribution < 1.29 is 18.1 Å². The summed E-state index contributed by atoms with van der Waals surface area (Å²) >= 11 is 0. The van der Waals surface area contributed by atoms with Crippen molar-refractivity contribution in [3.63, 3.8) is 0 Å². The van der Waals surface area contributed by atoms with E-state index in [0.717, 1.165) is 0 Å². The Morgan fingerprint density at radius 3 is 2.38 bits per heavy atom. The highest BCUT2D eigenvalue weighted by Gasteiger charge is 2.34. The Balaban J connectivity index is 3.34. The maximum atomic E-state index is 12.3. The third-order valence-corrected chi connectivity index (χ3v) is 1.79. The van der Waals surface area contributed by atoms with E-state index < -0.39 is 22.4 Å². The van der Waals surface area contributed by atoms with Gasteiger partial charge >= 0.3 is 11.9 Å². The summed E-state index contributed by atoms with van der Waals surface area (Å²) in [5, 5.41) is 10.6. The molecule has 0 spiro atoms. The predicted octanol–water partition coefficient (Wildman–Crippen LogP) is 2.07. The lowest BCUT2D eigenvalue weighted by molar-refractivity contribution is -0.384. The molecule has 1 aromatic heterocycles. The van der Waals surface area contributed by atoms with Gasteiger partial charge in [0.2, 0.25) is 5.82 Å². The highest BCUT2D eigenvalue weighted by atomic mass is 19.4. The van der Waals surface area contributed by atoms with E-state index in [-0.39, 0.29) is 5.82 Å². The van der Waals surface area contributed by atoms with Crippen LogP contribution in [0.15, 0.2) is 12.3 Å². The van der Waals surface area contributed by atoms with E-state index in [1.54, 1.807) is 0 Å². The van der Waals surface area contributed by atoms with Gasteiger partial charge in [-0.3, -0.25) is 10.1 Å². The van der Waals surface area contributed by atoms with Gasteiger partial charge in [0.05, 0.1) is 10.5 Å². The molecule has 8 heteroatoms. The number of alkyl halides is 3. The summed E-state index contributed by atoms with van der Waals surface area (Å²) in [7, 11) is 2.92. The zero-order valence-electron chi connectivity index (χ0n) is 8.45. The summed E-state index contributed by atoms with van der Waals surface area (Å²) in [6, 6.07) is 0.475. The Hall–Kier alpha value is -1.86. The molecule has 0 amide bonds. The topological polar surface area (TPSA) is 59.3 Å². The first-order chi connectivity index (χ1) is 7.23. The molecule has 1 heterocycles. The van der Waals surface area contributed by atoms with Crippen LogP contribution < -0.4 is 4.90 Å². The maximum Gasteiger partial charge on any atom is 0.418 e. The maximum absolute atomic E-state index is 12.3. The summed E-state index contributed by atoms with van der Waals surface area (Å²) < 4.78 is 36.9. The SMILES string of the molecule is CN(C)c1ncc(C(F)(F)F)cc1[N+](=O)[O-]. The minimum Gasteiger partial charge on any atom is -0.357 e. The summed E-state index contributed by atoms with van der Waals surface area (Å²) in [5.41, 5.74) is -1.80. The first-order valence-corrected chi connectivity index (χ1v) is 4.12. The minimum absolute atomic E-state index is 0.113. The van der Waals surface area contributed by atoms with Gasteiger partial charge in [0.25, 0.3) is 0 Å². The van der Waals surface area contributed by atoms with Crippen molar-refractivity contribution >= 4 is 11.5 Å². The van der Waals surface area contributed by atoms with Crippen LogP contribution in [0.3, 0.4) is 0 Å². The van der Waals surface area contributed by atoms with Crippen LogP contribution in [0.1, 0.15) is 5.56 Å². The molecule has 0 aromatic carbocycles. The second-order valence-corrected chi connectivity index (χ2v) is 3.22. The zero-order valence-corrected chi connectivity index (χ0v) is 8.45. The first-order valence-electron chi connectivity index (χ1n) is 4.12. The van der Waals surface area contributed by atoms with Gasteiger partial charge in [0.15, 0.2) is 0 Å². The molecular formula is C8H8F3N3O2. The quantitative estimate of drug-likeness (QED) is 0.581. The van der Waals surface area contributed by atoms with Crippen LogP contribution in [0.2, 0.25) is 0 Å². The second kappa shape index (κ2) is 3.95. The van der Waals surface area contributed by atoms with Gasteiger partial charge < -0.3 is 4.90 Å². The fourth-order valence-electron chi connectivity index (χ4n) is 1.08. The molecule has 0 N–H and O–H groups in total. The number of pyridine rings is 1. The standard InChI is InChI=1S/C8H8F3N3O2/c1-13(2)7-6(14(15)16)3-5(4-12-7)8(9,10)11/h3-4H,1-2H3. The van der Waals surface area contributed by atoms with Crippen LogP contribution in [0.25, 0.3) is 0 Å². The van der Waals surface area contributed by atoms with Crippen LogP contribution in [0, 0.1) is 10.1 Å². The summed E-state index contributed by atoms with van der Waals surface area (Å²) in [4.78, 5) is 14.4. The number of halogens is 3. The molecule has 0 aliphatic carbocycles. The van der Waals surface area contributed by atoms with Gasteiger partial charge in [-0.15, -0.1) is 0 Å². The molecule has 0 saturated heterocycles. The Labute approximate surface area is 88.7 Å². The van der Waals surface area contributed by atoms with Crippen LogP contribution in [0.4, 0.5) is 24.7 Å². The van der Waals surface area contributed by atoms with Crippen LogP contribution in [0.5, 0.6) is 0 Å². The van der Waals surface area contributed by atoms with Gasteiger partial charge in [-0.1, -0.05) is 0 Å². The van der Waals surface area contributed by atoms with E-state index in [9.17, 15) is 23.3 Å². The van der Waals surface area contributed by atoms with E-state index in [2.05, 4.69) is 4.98 Å². The summed E-state index contributed by atoms with van der Waals surface area (Å²) in [6.45, 7) is 0. The van der Waals surface area contributed by atoms with E-state index >= 15 is 0 Å². The Kier molecular flexibility index (Phi) is 3.02. The van der Waals surface area contributed by atoms with Crippen molar-refractivity contribution in [2.75, 3.05) is 19.0 Å². The lowest BCUT2D eigenvalue weighted by Gasteiger charge is -2.12. The number of nitro groups is 1. The van der Waals surface area contributed by atoms with Gasteiger partial charge in [0.1, 0.15) is 0 Å². The summed E-state index contributed by atoms with van der Waals surface area (Å²) in [6.07, 6.45) is -4.06. The van der Waals surface area contributed by atoms with Crippen LogP contribution in [-0.2, 0) is 6.18 Å². The lowest BCUT2D eigenvalue weighted by Crippen LogP contribution is -2.15. The average molecular weight is 235 g/mol. The molecular weight excluding hydrogens is 227 g/mol. The molecule has 0 aliphatic rings. The Morgan fingerprint density at radius 2 is 2.00 bits per heavy atom. The van der Waals surface area contributed by atoms with Crippen molar-refractivity contribution in [2.24, 2.45) is 0 Å². The normalized spacial score (nSPS) is 11.3. The number of hydrogen-bond donors (Lipinski definition) is 0. The molecule has 88 valence electrons. The first kappa shape index (κ1) is 12.2. The van der Waals surface area contributed by atoms with Gasteiger partial charge in [-0.2, -0.15) is 13.2 Å². The molecule has 1 aromatic rings. The number of aromatic nitrogens is 1. The fraction of sp³-hybridized carbons (Fsp3) is 0.375.